The maximum Gasteiger partial charge on any atom is 0.333 e. The summed E-state index contributed by atoms with van der Waals surface area (Å²) >= 11 is 0. The second-order valence-corrected chi connectivity index (χ2v) is 3.23. The second kappa shape index (κ2) is 8.40. The molecule has 0 rings (SSSR count). The molecule has 0 bridgehead atoms. The summed E-state index contributed by atoms with van der Waals surface area (Å²) in [4.78, 5) is 11.0. The minimum absolute atomic E-state index is 0.0221. The molecule has 0 radical (unpaired) electrons. The van der Waals surface area contributed by atoms with Gasteiger partial charge in [-0.2, -0.15) is 0 Å². The van der Waals surface area contributed by atoms with E-state index < -0.39 is 12.1 Å². The molecule has 1 unspecified atom stereocenters. The predicted molar refractivity (Wildman–Crippen MR) is 56.5 cm³/mol. The van der Waals surface area contributed by atoms with Crippen molar-refractivity contribution in [2.45, 2.75) is 13.0 Å². The van der Waals surface area contributed by atoms with Crippen molar-refractivity contribution < 1.29 is 19.4 Å². The fraction of sp³-hybridized carbons (Fsp3) is 0.700. The summed E-state index contributed by atoms with van der Waals surface area (Å²) in [5.41, 5.74) is 0.328. The zero-order valence-corrected chi connectivity index (χ0v) is 9.28. The molecule has 0 aliphatic carbocycles. The van der Waals surface area contributed by atoms with Crippen molar-refractivity contribution in [1.82, 2.24) is 5.32 Å². The number of aliphatic hydroxyl groups is 1. The molecule has 0 aromatic carbocycles. The smallest absolute Gasteiger partial charge is 0.333 e. The first kappa shape index (κ1) is 14.1. The lowest BCUT2D eigenvalue weighted by molar-refractivity contribution is -0.141. The van der Waals surface area contributed by atoms with Gasteiger partial charge in [0.25, 0.3) is 0 Å². The van der Waals surface area contributed by atoms with Crippen LogP contribution in [0.15, 0.2) is 12.2 Å². The van der Waals surface area contributed by atoms with Crippen molar-refractivity contribution in [1.29, 1.82) is 0 Å². The van der Waals surface area contributed by atoms with Gasteiger partial charge in [0.05, 0.1) is 6.61 Å². The fourth-order valence-electron chi connectivity index (χ4n) is 0.797. The van der Waals surface area contributed by atoms with E-state index in [9.17, 15) is 9.90 Å². The summed E-state index contributed by atoms with van der Waals surface area (Å²) in [6.45, 7) is 6.57. The molecule has 0 aromatic rings. The third kappa shape index (κ3) is 8.11. The van der Waals surface area contributed by atoms with Crippen LogP contribution in [-0.4, -0.2) is 50.6 Å². The summed E-state index contributed by atoms with van der Waals surface area (Å²) in [5.74, 6) is -0.481. The van der Waals surface area contributed by atoms with E-state index in [0.29, 0.717) is 25.3 Å². The van der Waals surface area contributed by atoms with Crippen LogP contribution in [0.5, 0.6) is 0 Å². The number of carbonyl (C=O) groups excluding carboxylic acids is 1. The summed E-state index contributed by atoms with van der Waals surface area (Å²) in [6.07, 6.45) is -0.704. The molecule has 0 saturated heterocycles. The molecule has 5 nitrogen and oxygen atoms in total. The van der Waals surface area contributed by atoms with E-state index in [1.165, 1.54) is 0 Å². The highest BCUT2D eigenvalue weighted by Crippen LogP contribution is 1.93. The molecule has 1 atom stereocenters. The topological polar surface area (TPSA) is 67.8 Å². The van der Waals surface area contributed by atoms with Crippen molar-refractivity contribution in [2.24, 2.45) is 0 Å². The highest BCUT2D eigenvalue weighted by molar-refractivity contribution is 5.86. The first-order chi connectivity index (χ1) is 7.07. The van der Waals surface area contributed by atoms with E-state index in [4.69, 9.17) is 9.47 Å². The zero-order valence-electron chi connectivity index (χ0n) is 9.28. The SMILES string of the molecule is C=C(C)C(=O)OCC(O)CNCCOC. The molecular weight excluding hydrogens is 198 g/mol. The van der Waals surface area contributed by atoms with Crippen molar-refractivity contribution in [3.63, 3.8) is 0 Å². The summed E-state index contributed by atoms with van der Waals surface area (Å²) < 4.78 is 9.57. The van der Waals surface area contributed by atoms with Gasteiger partial charge in [0.15, 0.2) is 0 Å². The normalized spacial score (nSPS) is 12.2. The largest absolute Gasteiger partial charge is 0.460 e. The van der Waals surface area contributed by atoms with Crippen molar-refractivity contribution in [3.05, 3.63) is 12.2 Å². The van der Waals surface area contributed by atoms with E-state index in [1.807, 2.05) is 0 Å². The van der Waals surface area contributed by atoms with Gasteiger partial charge in [-0.05, 0) is 6.92 Å². The molecule has 0 aliphatic heterocycles. The Morgan fingerprint density at radius 2 is 2.27 bits per heavy atom. The van der Waals surface area contributed by atoms with Crippen LogP contribution < -0.4 is 5.32 Å². The quantitative estimate of drug-likeness (QED) is 0.332. The summed E-state index contributed by atoms with van der Waals surface area (Å²) in [5, 5.41) is 12.3. The first-order valence-corrected chi connectivity index (χ1v) is 4.78. The van der Waals surface area contributed by atoms with Crippen LogP contribution in [-0.2, 0) is 14.3 Å². The molecule has 0 spiro atoms. The first-order valence-electron chi connectivity index (χ1n) is 4.78. The van der Waals surface area contributed by atoms with Gasteiger partial charge in [-0.25, -0.2) is 4.79 Å². The van der Waals surface area contributed by atoms with Gasteiger partial charge in [-0.3, -0.25) is 0 Å². The average Bonchev–Trinajstić information content (AvgIpc) is 2.20. The Bertz CT molecular complexity index is 206. The Hall–Kier alpha value is -0.910. The molecular formula is C10H19NO4. The van der Waals surface area contributed by atoms with Crippen LogP contribution in [0.1, 0.15) is 6.92 Å². The number of nitrogens with one attached hydrogen (secondary N) is 1. The fourth-order valence-corrected chi connectivity index (χ4v) is 0.797. The van der Waals surface area contributed by atoms with Gasteiger partial charge < -0.3 is 19.9 Å². The summed E-state index contributed by atoms with van der Waals surface area (Å²) in [6, 6.07) is 0. The Kier molecular flexibility index (Phi) is 7.89. The highest BCUT2D eigenvalue weighted by Gasteiger charge is 2.08. The number of ether oxygens (including phenoxy) is 2. The van der Waals surface area contributed by atoms with Gasteiger partial charge in [-0.1, -0.05) is 6.58 Å². The molecule has 15 heavy (non-hydrogen) atoms. The number of hydrogen-bond acceptors (Lipinski definition) is 5. The Labute approximate surface area is 90.1 Å². The van der Waals surface area contributed by atoms with E-state index in [0.717, 1.165) is 0 Å². The molecule has 88 valence electrons. The van der Waals surface area contributed by atoms with E-state index in [2.05, 4.69) is 11.9 Å². The highest BCUT2D eigenvalue weighted by atomic mass is 16.5. The predicted octanol–water partition coefficient (Wildman–Crippen LogP) is -0.297. The van der Waals surface area contributed by atoms with Gasteiger partial charge >= 0.3 is 5.97 Å². The molecule has 5 heteroatoms. The molecule has 0 amide bonds. The lowest BCUT2D eigenvalue weighted by Gasteiger charge is -2.12. The van der Waals surface area contributed by atoms with Crippen molar-refractivity contribution in [3.8, 4) is 0 Å². The maximum atomic E-state index is 11.0. The maximum absolute atomic E-state index is 11.0. The number of esters is 1. The third-order valence-electron chi connectivity index (χ3n) is 1.62. The minimum atomic E-state index is -0.704. The second-order valence-electron chi connectivity index (χ2n) is 3.23. The lowest BCUT2D eigenvalue weighted by atomic mass is 10.3. The van der Waals surface area contributed by atoms with E-state index in [1.54, 1.807) is 14.0 Å². The minimum Gasteiger partial charge on any atom is -0.460 e. The van der Waals surface area contributed by atoms with E-state index >= 15 is 0 Å². The van der Waals surface area contributed by atoms with Crippen LogP contribution in [0.2, 0.25) is 0 Å². The number of carbonyl (C=O) groups is 1. The number of aliphatic hydroxyl groups excluding tert-OH is 1. The Morgan fingerprint density at radius 1 is 1.60 bits per heavy atom. The average molecular weight is 217 g/mol. The van der Waals surface area contributed by atoms with Gasteiger partial charge in [0.2, 0.25) is 0 Å². The van der Waals surface area contributed by atoms with E-state index in [-0.39, 0.29) is 6.61 Å². The lowest BCUT2D eigenvalue weighted by Crippen LogP contribution is -2.33. The van der Waals surface area contributed by atoms with Crippen LogP contribution >= 0.6 is 0 Å². The van der Waals surface area contributed by atoms with Crippen LogP contribution in [0, 0.1) is 0 Å². The number of hydrogen-bond donors (Lipinski definition) is 2. The molecule has 2 N–H and O–H groups in total. The summed E-state index contributed by atoms with van der Waals surface area (Å²) in [7, 11) is 1.60. The Balaban J connectivity index is 3.44. The number of rotatable bonds is 8. The zero-order chi connectivity index (χ0) is 11.7. The van der Waals surface area contributed by atoms with Crippen LogP contribution in [0.3, 0.4) is 0 Å². The third-order valence-corrected chi connectivity index (χ3v) is 1.62. The Morgan fingerprint density at radius 3 is 2.80 bits per heavy atom. The van der Waals surface area contributed by atoms with Crippen LogP contribution in [0.25, 0.3) is 0 Å². The van der Waals surface area contributed by atoms with Crippen molar-refractivity contribution >= 4 is 5.97 Å². The number of methoxy groups -OCH3 is 1. The monoisotopic (exact) mass is 217 g/mol. The molecule has 0 saturated carbocycles. The van der Waals surface area contributed by atoms with Crippen molar-refractivity contribution in [2.75, 3.05) is 33.4 Å². The van der Waals surface area contributed by atoms with Gasteiger partial charge in [-0.15, -0.1) is 0 Å². The molecule has 0 aromatic heterocycles. The molecule has 0 heterocycles. The van der Waals surface area contributed by atoms with Gasteiger partial charge in [0.1, 0.15) is 12.7 Å². The molecule has 0 aliphatic rings. The molecule has 0 fully saturated rings. The standard InChI is InChI=1S/C10H19NO4/c1-8(2)10(13)15-7-9(12)6-11-4-5-14-3/h9,11-12H,1,4-7H2,2-3H3. The van der Waals surface area contributed by atoms with Crippen LogP contribution in [0.4, 0.5) is 0 Å². The van der Waals surface area contributed by atoms with Gasteiger partial charge in [0, 0.05) is 25.8 Å².